The van der Waals surface area contributed by atoms with Gasteiger partial charge in [0.1, 0.15) is 0 Å². The van der Waals surface area contributed by atoms with E-state index in [0.29, 0.717) is 42.2 Å². The molecule has 0 aliphatic heterocycles. The van der Waals surface area contributed by atoms with Crippen molar-refractivity contribution in [3.63, 3.8) is 0 Å². The molecule has 0 saturated carbocycles. The van der Waals surface area contributed by atoms with Crippen LogP contribution in [0.5, 0.6) is 0 Å². The number of pyridine rings is 1. The Morgan fingerprint density at radius 3 is 2.47 bits per heavy atom. The van der Waals surface area contributed by atoms with Crippen LogP contribution in [0.3, 0.4) is 0 Å². The highest BCUT2D eigenvalue weighted by Gasteiger charge is 2.15. The molecular formula is C21H27ClN4O4. The van der Waals surface area contributed by atoms with Crippen LogP contribution in [0.2, 0.25) is 5.02 Å². The zero-order valence-corrected chi connectivity index (χ0v) is 18.1. The minimum Gasteiger partial charge on any atom is -0.465 e. The Labute approximate surface area is 180 Å². The molecule has 2 rings (SSSR count). The van der Waals surface area contributed by atoms with E-state index in [1.54, 1.807) is 12.1 Å². The van der Waals surface area contributed by atoms with E-state index < -0.39 is 6.09 Å². The van der Waals surface area contributed by atoms with Gasteiger partial charge in [-0.15, -0.1) is 0 Å². The van der Waals surface area contributed by atoms with Gasteiger partial charge in [-0.2, -0.15) is 0 Å². The predicted octanol–water partition coefficient (Wildman–Crippen LogP) is 2.63. The number of halogens is 1. The summed E-state index contributed by atoms with van der Waals surface area (Å²) >= 11 is 6.21. The molecule has 2 amide bonds. The number of carbonyl (C=O) groups excluding carboxylic acids is 1. The van der Waals surface area contributed by atoms with Crippen molar-refractivity contribution < 1.29 is 14.7 Å². The maximum atomic E-state index is 12.7. The van der Waals surface area contributed by atoms with Gasteiger partial charge in [0.25, 0.3) is 11.5 Å². The van der Waals surface area contributed by atoms with Gasteiger partial charge in [-0.3, -0.25) is 9.59 Å². The summed E-state index contributed by atoms with van der Waals surface area (Å²) in [5.74, 6) is -0.304. The lowest BCUT2D eigenvalue weighted by atomic mass is 10.0. The van der Waals surface area contributed by atoms with Crippen molar-refractivity contribution in [2.75, 3.05) is 13.1 Å². The molecule has 8 nitrogen and oxygen atoms in total. The van der Waals surface area contributed by atoms with E-state index >= 15 is 0 Å². The van der Waals surface area contributed by atoms with Gasteiger partial charge in [0.2, 0.25) is 0 Å². The number of benzene rings is 1. The fraction of sp³-hybridized carbons (Fsp3) is 0.381. The number of aromatic amines is 1. The molecule has 0 spiro atoms. The first-order chi connectivity index (χ1) is 14.2. The summed E-state index contributed by atoms with van der Waals surface area (Å²) < 4.78 is 0. The van der Waals surface area contributed by atoms with Gasteiger partial charge in [0.15, 0.2) is 0 Å². The molecule has 9 heteroatoms. The molecule has 0 unspecified atom stereocenters. The van der Waals surface area contributed by atoms with E-state index in [2.05, 4.69) is 20.9 Å². The lowest BCUT2D eigenvalue weighted by molar-refractivity contribution is 0.0950. The number of hydrogen-bond donors (Lipinski definition) is 5. The summed E-state index contributed by atoms with van der Waals surface area (Å²) in [5.41, 5.74) is 4.03. The molecule has 2 aromatic rings. The molecule has 1 aromatic heterocycles. The van der Waals surface area contributed by atoms with Crippen molar-refractivity contribution in [1.82, 2.24) is 20.9 Å². The molecule has 0 bridgehead atoms. The third-order valence-corrected chi connectivity index (χ3v) is 4.98. The van der Waals surface area contributed by atoms with Gasteiger partial charge >= 0.3 is 6.09 Å². The maximum Gasteiger partial charge on any atom is 0.404 e. The van der Waals surface area contributed by atoms with Crippen LogP contribution in [0.4, 0.5) is 4.79 Å². The van der Waals surface area contributed by atoms with E-state index in [9.17, 15) is 14.4 Å². The second-order valence-electron chi connectivity index (χ2n) is 7.13. The number of hydrogen-bond acceptors (Lipinski definition) is 4. The van der Waals surface area contributed by atoms with E-state index in [4.69, 9.17) is 16.7 Å². The average Bonchev–Trinajstić information content (AvgIpc) is 2.65. The molecular weight excluding hydrogens is 408 g/mol. The number of aryl methyl sites for hydroxylation is 2. The van der Waals surface area contributed by atoms with Crippen molar-refractivity contribution in [3.8, 4) is 0 Å². The highest BCUT2D eigenvalue weighted by Crippen LogP contribution is 2.21. The van der Waals surface area contributed by atoms with Gasteiger partial charge in [-0.1, -0.05) is 11.6 Å². The van der Waals surface area contributed by atoms with Crippen LogP contribution in [0, 0.1) is 20.8 Å². The highest BCUT2D eigenvalue weighted by molar-refractivity contribution is 6.31. The van der Waals surface area contributed by atoms with Crippen LogP contribution < -0.4 is 21.5 Å². The number of carbonyl (C=O) groups is 2. The lowest BCUT2D eigenvalue weighted by Gasteiger charge is -2.14. The quantitative estimate of drug-likeness (QED) is 0.388. The summed E-state index contributed by atoms with van der Waals surface area (Å²) in [7, 11) is 0. The molecule has 0 fully saturated rings. The van der Waals surface area contributed by atoms with Crippen molar-refractivity contribution in [1.29, 1.82) is 0 Å². The Hall–Kier alpha value is -2.84. The topological polar surface area (TPSA) is 123 Å². The van der Waals surface area contributed by atoms with Crippen molar-refractivity contribution in [2.24, 2.45) is 0 Å². The smallest absolute Gasteiger partial charge is 0.404 e. The number of rotatable bonds is 9. The molecule has 0 aliphatic rings. The van der Waals surface area contributed by atoms with Crippen LogP contribution in [-0.4, -0.2) is 35.2 Å². The van der Waals surface area contributed by atoms with Gasteiger partial charge in [0.05, 0.1) is 0 Å². The Morgan fingerprint density at radius 1 is 1.07 bits per heavy atom. The van der Waals surface area contributed by atoms with E-state index in [0.717, 1.165) is 22.4 Å². The second-order valence-corrected chi connectivity index (χ2v) is 7.56. The SMILES string of the molecule is Cc1cc(C)c(CNC(=O)c2cc(Cl)cc(CNCCCNC(=O)O)c2C)c(=O)[nH]1. The van der Waals surface area contributed by atoms with Crippen LogP contribution in [-0.2, 0) is 13.1 Å². The van der Waals surface area contributed by atoms with Gasteiger partial charge in [-0.05, 0) is 68.6 Å². The Bertz CT molecular complexity index is 988. The van der Waals surface area contributed by atoms with Crippen LogP contribution >= 0.6 is 11.6 Å². The van der Waals surface area contributed by atoms with Crippen molar-refractivity contribution >= 4 is 23.6 Å². The summed E-state index contributed by atoms with van der Waals surface area (Å²) in [6.45, 7) is 7.09. The first-order valence-electron chi connectivity index (χ1n) is 9.63. The largest absolute Gasteiger partial charge is 0.465 e. The van der Waals surface area contributed by atoms with Crippen LogP contribution in [0.25, 0.3) is 0 Å². The molecule has 0 saturated heterocycles. The zero-order chi connectivity index (χ0) is 22.3. The Morgan fingerprint density at radius 2 is 1.80 bits per heavy atom. The average molecular weight is 435 g/mol. The predicted molar refractivity (Wildman–Crippen MR) is 116 cm³/mol. The van der Waals surface area contributed by atoms with Gasteiger partial charge in [0, 0.05) is 41.5 Å². The minimum absolute atomic E-state index is 0.121. The normalized spacial score (nSPS) is 10.7. The van der Waals surface area contributed by atoms with Gasteiger partial charge in [-0.25, -0.2) is 4.79 Å². The van der Waals surface area contributed by atoms with E-state index in [1.165, 1.54) is 0 Å². The lowest BCUT2D eigenvalue weighted by Crippen LogP contribution is -2.29. The fourth-order valence-corrected chi connectivity index (χ4v) is 3.39. The van der Waals surface area contributed by atoms with E-state index in [1.807, 2.05) is 26.8 Å². The first kappa shape index (κ1) is 23.4. The third-order valence-electron chi connectivity index (χ3n) is 4.77. The summed E-state index contributed by atoms with van der Waals surface area (Å²) in [6, 6.07) is 5.27. The molecule has 30 heavy (non-hydrogen) atoms. The standard InChI is InChI=1S/C21H27ClN4O4/c1-12-7-13(2)26-20(28)18(12)11-25-19(27)17-9-16(22)8-15(14(17)3)10-23-5-4-6-24-21(29)30/h7-9,23-24H,4-6,10-11H2,1-3H3,(H,25,27)(H,26,28)(H,29,30). The monoisotopic (exact) mass is 434 g/mol. The Balaban J connectivity index is 2.02. The third kappa shape index (κ3) is 6.60. The highest BCUT2D eigenvalue weighted by atomic mass is 35.5. The number of aromatic nitrogens is 1. The van der Waals surface area contributed by atoms with Crippen molar-refractivity contribution in [2.45, 2.75) is 40.3 Å². The summed E-state index contributed by atoms with van der Waals surface area (Å²) in [4.78, 5) is 38.1. The molecule has 162 valence electrons. The molecule has 1 aromatic carbocycles. The minimum atomic E-state index is -1.04. The number of carboxylic acid groups (broad SMARTS) is 1. The van der Waals surface area contributed by atoms with Crippen LogP contribution in [0.15, 0.2) is 23.0 Å². The summed E-state index contributed by atoms with van der Waals surface area (Å²) in [6.07, 6.45) is -0.400. The molecule has 5 N–H and O–H groups in total. The van der Waals surface area contributed by atoms with Crippen molar-refractivity contribution in [3.05, 3.63) is 67.1 Å². The number of nitrogens with one attached hydrogen (secondary N) is 4. The molecule has 0 atom stereocenters. The van der Waals surface area contributed by atoms with Gasteiger partial charge < -0.3 is 26.0 Å². The Kier molecular flexibility index (Phi) is 8.44. The summed E-state index contributed by atoms with van der Waals surface area (Å²) in [5, 5.41) is 17.3. The van der Waals surface area contributed by atoms with Crippen LogP contribution in [0.1, 0.15) is 44.7 Å². The zero-order valence-electron chi connectivity index (χ0n) is 17.3. The van der Waals surface area contributed by atoms with E-state index in [-0.39, 0.29) is 18.0 Å². The fourth-order valence-electron chi connectivity index (χ4n) is 3.15. The second kappa shape index (κ2) is 10.8. The molecule has 0 radical (unpaired) electrons. The first-order valence-corrected chi connectivity index (χ1v) is 10.0. The molecule has 1 heterocycles. The molecule has 0 aliphatic carbocycles. The maximum absolute atomic E-state index is 12.7. The number of amides is 2. The number of H-pyrrole nitrogens is 1.